The normalized spacial score (nSPS) is 13.8. The summed E-state index contributed by atoms with van der Waals surface area (Å²) in [7, 11) is 1.63. The number of aromatic nitrogens is 3. The molecule has 1 fully saturated rings. The average molecular weight is 528 g/mol. The molecule has 5 heterocycles. The van der Waals surface area contributed by atoms with E-state index in [0.717, 1.165) is 29.5 Å². The summed E-state index contributed by atoms with van der Waals surface area (Å²) in [4.78, 5) is 31.3. The number of nitrogens with zero attached hydrogens (tertiary/aromatic N) is 5. The minimum atomic E-state index is -0.221. The van der Waals surface area contributed by atoms with Crippen molar-refractivity contribution in [2.75, 3.05) is 33.4 Å². The van der Waals surface area contributed by atoms with Gasteiger partial charge < -0.3 is 28.7 Å². The van der Waals surface area contributed by atoms with E-state index in [1.165, 1.54) is 11.1 Å². The molecule has 0 unspecified atom stereocenters. The van der Waals surface area contributed by atoms with Crippen LogP contribution in [0.3, 0.4) is 0 Å². The van der Waals surface area contributed by atoms with E-state index in [0.29, 0.717) is 52.8 Å². The number of hydrogen-bond donors (Lipinski definition) is 1. The van der Waals surface area contributed by atoms with Gasteiger partial charge in [0.15, 0.2) is 17.0 Å². The maximum absolute atomic E-state index is 12.6. The molecule has 10 nitrogen and oxygen atoms in total. The molecule has 200 valence electrons. The Morgan fingerprint density at radius 2 is 1.97 bits per heavy atom. The number of likely N-dealkylation sites (N-methyl/N-ethyl adjacent to an activating group) is 1. The number of carbonyl (C=O) groups is 1. The SMILES string of the molecule is [C-]#[N+]c1nc(-c2c(C)cnc3cc(-c4ncc(C(=O)N(C)CCO)cc4C)oc23)ccc1OC1CCOCC1. The molecule has 10 heteroatoms. The monoisotopic (exact) mass is 527 g/mol. The summed E-state index contributed by atoms with van der Waals surface area (Å²) in [5, 5.41) is 9.13. The van der Waals surface area contributed by atoms with E-state index < -0.39 is 0 Å². The quantitative estimate of drug-likeness (QED) is 0.343. The third-order valence-corrected chi connectivity index (χ3v) is 6.74. The maximum Gasteiger partial charge on any atom is 0.312 e. The summed E-state index contributed by atoms with van der Waals surface area (Å²) < 4.78 is 17.8. The van der Waals surface area contributed by atoms with E-state index in [4.69, 9.17) is 25.6 Å². The summed E-state index contributed by atoms with van der Waals surface area (Å²) in [5.41, 5.74) is 5.12. The molecular weight excluding hydrogens is 498 g/mol. The van der Waals surface area contributed by atoms with E-state index >= 15 is 0 Å². The van der Waals surface area contributed by atoms with E-state index in [9.17, 15) is 4.79 Å². The van der Waals surface area contributed by atoms with Gasteiger partial charge in [-0.15, -0.1) is 4.98 Å². The van der Waals surface area contributed by atoms with Crippen molar-refractivity contribution in [3.8, 4) is 28.5 Å². The van der Waals surface area contributed by atoms with Crippen LogP contribution in [0.1, 0.15) is 34.3 Å². The molecule has 4 aromatic heterocycles. The van der Waals surface area contributed by atoms with Crippen molar-refractivity contribution in [2.45, 2.75) is 32.8 Å². The molecule has 1 N–H and O–H groups in total. The molecule has 0 aliphatic carbocycles. The van der Waals surface area contributed by atoms with Crippen LogP contribution in [0, 0.1) is 20.4 Å². The van der Waals surface area contributed by atoms with Gasteiger partial charge in [-0.3, -0.25) is 14.8 Å². The summed E-state index contributed by atoms with van der Waals surface area (Å²) in [6.45, 7) is 12.9. The van der Waals surface area contributed by atoms with Crippen LogP contribution in [-0.4, -0.2) is 70.4 Å². The lowest BCUT2D eigenvalue weighted by Gasteiger charge is -2.23. The van der Waals surface area contributed by atoms with Crippen LogP contribution < -0.4 is 4.74 Å². The van der Waals surface area contributed by atoms with Crippen LogP contribution in [0.5, 0.6) is 5.75 Å². The molecule has 0 bridgehead atoms. The van der Waals surface area contributed by atoms with Gasteiger partial charge in [-0.2, -0.15) is 0 Å². The molecule has 39 heavy (non-hydrogen) atoms. The Kier molecular flexibility index (Phi) is 7.54. The lowest BCUT2D eigenvalue weighted by molar-refractivity contribution is 0.0258. The minimum absolute atomic E-state index is 0.00130. The van der Waals surface area contributed by atoms with Crippen LogP contribution in [0.15, 0.2) is 41.1 Å². The van der Waals surface area contributed by atoms with Gasteiger partial charge in [0, 0.05) is 44.9 Å². The van der Waals surface area contributed by atoms with Crippen molar-refractivity contribution in [2.24, 2.45) is 0 Å². The number of fused-ring (bicyclic) bond motifs is 1. The zero-order valence-corrected chi connectivity index (χ0v) is 22.1. The van der Waals surface area contributed by atoms with Crippen LogP contribution >= 0.6 is 0 Å². The number of rotatable bonds is 7. The molecule has 4 aromatic rings. The highest BCUT2D eigenvalue weighted by atomic mass is 16.5. The fourth-order valence-corrected chi connectivity index (χ4v) is 4.64. The van der Waals surface area contributed by atoms with Crippen molar-refractivity contribution in [3.05, 3.63) is 64.8 Å². The number of pyridine rings is 3. The van der Waals surface area contributed by atoms with Crippen molar-refractivity contribution < 1.29 is 23.8 Å². The molecule has 0 atom stereocenters. The number of ether oxygens (including phenoxy) is 2. The number of carbonyl (C=O) groups excluding carboxylic acids is 1. The van der Waals surface area contributed by atoms with Crippen LogP contribution in [0.4, 0.5) is 5.82 Å². The van der Waals surface area contributed by atoms with E-state index in [1.807, 2.05) is 26.0 Å². The molecule has 1 saturated heterocycles. The van der Waals surface area contributed by atoms with E-state index in [2.05, 4.69) is 19.8 Å². The molecule has 0 aromatic carbocycles. The number of aryl methyl sites for hydroxylation is 2. The highest BCUT2D eigenvalue weighted by Crippen LogP contribution is 2.38. The van der Waals surface area contributed by atoms with Crippen LogP contribution in [0.25, 0.3) is 38.7 Å². The summed E-state index contributed by atoms with van der Waals surface area (Å²) in [5.74, 6) is 0.942. The fourth-order valence-electron chi connectivity index (χ4n) is 4.64. The smallest absolute Gasteiger partial charge is 0.312 e. The molecule has 5 rings (SSSR count). The third-order valence-electron chi connectivity index (χ3n) is 6.74. The third kappa shape index (κ3) is 5.32. The first kappa shape index (κ1) is 26.3. The Balaban J connectivity index is 1.50. The Morgan fingerprint density at radius 1 is 1.18 bits per heavy atom. The first-order chi connectivity index (χ1) is 18.9. The largest absolute Gasteiger partial charge is 0.499 e. The van der Waals surface area contributed by atoms with E-state index in [1.54, 1.807) is 25.4 Å². The van der Waals surface area contributed by atoms with Gasteiger partial charge in [-0.05, 0) is 43.2 Å². The standard InChI is InChI=1S/C29H29N5O5/c1-17-13-19(29(36)34(4)9-10-35)16-32-26(17)24-14-22-27(39-24)25(18(2)15-31-22)21-5-6-23(28(30-3)33-21)38-20-7-11-37-12-8-20/h5-6,13-16,20,35H,7-12H2,1-2,4H3. The first-order valence-electron chi connectivity index (χ1n) is 12.8. The van der Waals surface area contributed by atoms with Crippen molar-refractivity contribution in [1.29, 1.82) is 0 Å². The molecule has 1 amide bonds. The predicted molar refractivity (Wildman–Crippen MR) is 145 cm³/mol. The van der Waals surface area contributed by atoms with Gasteiger partial charge >= 0.3 is 5.82 Å². The van der Waals surface area contributed by atoms with Crippen molar-refractivity contribution in [1.82, 2.24) is 19.9 Å². The first-order valence-corrected chi connectivity index (χ1v) is 12.8. The molecular formula is C29H29N5O5. The van der Waals surface area contributed by atoms with Gasteiger partial charge in [0.1, 0.15) is 23.1 Å². The number of furan rings is 1. The number of aliphatic hydroxyl groups is 1. The summed E-state index contributed by atoms with van der Waals surface area (Å²) in [6, 6.07) is 7.19. The molecule has 1 aliphatic rings. The number of hydrogen-bond acceptors (Lipinski definition) is 8. The minimum Gasteiger partial charge on any atom is -0.499 e. The van der Waals surface area contributed by atoms with Crippen molar-refractivity contribution >= 4 is 22.8 Å². The van der Waals surface area contributed by atoms with Gasteiger partial charge in [-0.1, -0.05) is 6.57 Å². The molecule has 0 spiro atoms. The zero-order chi connectivity index (χ0) is 27.5. The highest BCUT2D eigenvalue weighted by Gasteiger charge is 2.23. The van der Waals surface area contributed by atoms with Crippen LogP contribution in [0.2, 0.25) is 0 Å². The topological polar surface area (TPSA) is 115 Å². The lowest BCUT2D eigenvalue weighted by atomic mass is 10.1. The average Bonchev–Trinajstić information content (AvgIpc) is 3.37. The maximum atomic E-state index is 12.6. The van der Waals surface area contributed by atoms with E-state index in [-0.39, 0.29) is 31.0 Å². The molecule has 1 aliphatic heterocycles. The Labute approximate surface area is 226 Å². The number of aliphatic hydroxyl groups excluding tert-OH is 1. The second kappa shape index (κ2) is 11.2. The molecule has 0 radical (unpaired) electrons. The summed E-state index contributed by atoms with van der Waals surface area (Å²) >= 11 is 0. The Hall–Kier alpha value is -4.33. The van der Waals surface area contributed by atoms with Gasteiger partial charge in [0.05, 0.1) is 30.9 Å². The van der Waals surface area contributed by atoms with Gasteiger partial charge in [-0.25, -0.2) is 0 Å². The Bertz CT molecular complexity index is 1570. The second-order valence-corrected chi connectivity index (χ2v) is 9.54. The molecule has 0 saturated carbocycles. The second-order valence-electron chi connectivity index (χ2n) is 9.54. The lowest BCUT2D eigenvalue weighted by Crippen LogP contribution is -2.29. The van der Waals surface area contributed by atoms with Gasteiger partial charge in [0.2, 0.25) is 0 Å². The Morgan fingerprint density at radius 3 is 2.69 bits per heavy atom. The van der Waals surface area contributed by atoms with Crippen molar-refractivity contribution in [3.63, 3.8) is 0 Å². The van der Waals surface area contributed by atoms with Crippen LogP contribution in [-0.2, 0) is 4.74 Å². The number of amides is 1. The summed E-state index contributed by atoms with van der Waals surface area (Å²) in [6.07, 6.45) is 4.82. The fraction of sp³-hybridized carbons (Fsp3) is 0.345. The highest BCUT2D eigenvalue weighted by molar-refractivity contribution is 5.95. The predicted octanol–water partition coefficient (Wildman–Crippen LogP) is 4.74. The zero-order valence-electron chi connectivity index (χ0n) is 22.1. The van der Waals surface area contributed by atoms with Gasteiger partial charge in [0.25, 0.3) is 5.91 Å².